The number of hydrogen-bond acceptors (Lipinski definition) is 5. The predicted molar refractivity (Wildman–Crippen MR) is 69.2 cm³/mol. The van der Waals surface area contributed by atoms with E-state index in [2.05, 4.69) is 15.0 Å². The van der Waals surface area contributed by atoms with Crippen LogP contribution in [-0.4, -0.2) is 31.7 Å². The van der Waals surface area contributed by atoms with Crippen LogP contribution in [0.2, 0.25) is 0 Å². The van der Waals surface area contributed by atoms with Gasteiger partial charge in [-0.1, -0.05) is 0 Å². The van der Waals surface area contributed by atoms with Gasteiger partial charge in [-0.3, -0.25) is 0 Å². The van der Waals surface area contributed by atoms with E-state index in [-0.39, 0.29) is 0 Å². The average molecular weight is 258 g/mol. The summed E-state index contributed by atoms with van der Waals surface area (Å²) in [6.07, 6.45) is 2.68. The molecular weight excluding hydrogens is 240 g/mol. The van der Waals surface area contributed by atoms with Crippen molar-refractivity contribution in [2.75, 3.05) is 23.9 Å². The lowest BCUT2D eigenvalue weighted by molar-refractivity contribution is 0.476. The molecule has 0 aliphatic rings. The van der Waals surface area contributed by atoms with Crippen LogP contribution in [-0.2, 0) is 10.0 Å². The third-order valence-corrected chi connectivity index (χ3v) is 2.88. The van der Waals surface area contributed by atoms with Gasteiger partial charge in [-0.15, -0.1) is 0 Å². The van der Waals surface area contributed by atoms with Gasteiger partial charge in [-0.2, -0.15) is 0 Å². The Hall–Kier alpha value is -1.34. The molecule has 0 aliphatic carbocycles. The maximum atomic E-state index is 11.1. The van der Waals surface area contributed by atoms with E-state index >= 15 is 0 Å². The Labute approximate surface area is 102 Å². The van der Waals surface area contributed by atoms with Crippen molar-refractivity contribution in [2.24, 2.45) is 0 Å². The van der Waals surface area contributed by atoms with Crippen molar-refractivity contribution in [2.45, 2.75) is 19.4 Å². The molecule has 0 bridgehead atoms. The van der Waals surface area contributed by atoms with Gasteiger partial charge < -0.3 is 11.1 Å². The molecule has 0 aromatic carbocycles. The van der Waals surface area contributed by atoms with Crippen LogP contribution in [0.3, 0.4) is 0 Å². The van der Waals surface area contributed by atoms with Crippen molar-refractivity contribution in [3.05, 3.63) is 18.3 Å². The first-order valence-corrected chi connectivity index (χ1v) is 7.01. The highest BCUT2D eigenvalue weighted by Gasteiger charge is 2.21. The van der Waals surface area contributed by atoms with Crippen LogP contribution in [0.1, 0.15) is 13.8 Å². The van der Waals surface area contributed by atoms with Crippen LogP contribution in [0.15, 0.2) is 18.3 Å². The number of nitrogen functional groups attached to an aromatic ring is 1. The van der Waals surface area contributed by atoms with Crippen LogP contribution < -0.4 is 15.8 Å². The Balaban J connectivity index is 2.58. The molecule has 0 unspecified atom stereocenters. The SMILES string of the molecule is CC(C)(CNc1ccc(N)cn1)NS(C)(=O)=O. The molecule has 4 N–H and O–H groups in total. The van der Waals surface area contributed by atoms with Crippen molar-refractivity contribution >= 4 is 21.5 Å². The Morgan fingerprint density at radius 3 is 2.53 bits per heavy atom. The van der Waals surface area contributed by atoms with Crippen LogP contribution in [0.25, 0.3) is 0 Å². The third kappa shape index (κ3) is 5.50. The number of nitrogens with one attached hydrogen (secondary N) is 2. The number of aromatic nitrogens is 1. The van der Waals surface area contributed by atoms with Crippen molar-refractivity contribution in [3.63, 3.8) is 0 Å². The topological polar surface area (TPSA) is 97.1 Å². The zero-order chi connectivity index (χ0) is 13.1. The smallest absolute Gasteiger partial charge is 0.209 e. The summed E-state index contributed by atoms with van der Waals surface area (Å²) in [6, 6.07) is 3.47. The summed E-state index contributed by atoms with van der Waals surface area (Å²) in [6.45, 7) is 4.01. The predicted octanol–water partition coefficient (Wildman–Crippen LogP) is 0.404. The number of sulfonamides is 1. The van der Waals surface area contributed by atoms with Gasteiger partial charge in [0.25, 0.3) is 0 Å². The van der Waals surface area contributed by atoms with Crippen molar-refractivity contribution in [1.29, 1.82) is 0 Å². The van der Waals surface area contributed by atoms with E-state index in [0.29, 0.717) is 18.1 Å². The molecule has 1 aromatic rings. The Kier molecular flexibility index (Phi) is 3.94. The summed E-state index contributed by atoms with van der Waals surface area (Å²) in [5.41, 5.74) is 5.51. The maximum absolute atomic E-state index is 11.1. The molecule has 0 saturated carbocycles. The third-order valence-electron chi connectivity index (χ3n) is 1.96. The Morgan fingerprint density at radius 2 is 2.06 bits per heavy atom. The molecule has 0 radical (unpaired) electrons. The molecule has 7 heteroatoms. The zero-order valence-corrected chi connectivity index (χ0v) is 11.0. The molecule has 0 amide bonds. The molecular formula is C10H18N4O2S. The minimum Gasteiger partial charge on any atom is -0.397 e. The lowest BCUT2D eigenvalue weighted by Gasteiger charge is -2.25. The second kappa shape index (κ2) is 4.89. The van der Waals surface area contributed by atoms with E-state index in [0.717, 1.165) is 6.26 Å². The number of anilines is 2. The van der Waals surface area contributed by atoms with Gasteiger partial charge in [0.1, 0.15) is 5.82 Å². The summed E-state index contributed by atoms with van der Waals surface area (Å²) in [5, 5.41) is 3.04. The first kappa shape index (κ1) is 13.7. The van der Waals surface area contributed by atoms with Crippen LogP contribution in [0, 0.1) is 0 Å². The zero-order valence-electron chi connectivity index (χ0n) is 10.2. The Bertz CT molecular complexity index is 468. The number of nitrogens with zero attached hydrogens (tertiary/aromatic N) is 1. The first-order valence-electron chi connectivity index (χ1n) is 5.12. The van der Waals surface area contributed by atoms with Crippen molar-refractivity contribution < 1.29 is 8.42 Å². The number of hydrogen-bond donors (Lipinski definition) is 3. The highest BCUT2D eigenvalue weighted by molar-refractivity contribution is 7.88. The van der Waals surface area contributed by atoms with Gasteiger partial charge in [0.2, 0.25) is 10.0 Å². The molecule has 0 fully saturated rings. The van der Waals surface area contributed by atoms with Gasteiger partial charge in [0.15, 0.2) is 0 Å². The van der Waals surface area contributed by atoms with Crippen LogP contribution >= 0.6 is 0 Å². The second-order valence-electron chi connectivity index (χ2n) is 4.59. The van der Waals surface area contributed by atoms with E-state index < -0.39 is 15.6 Å². The summed E-state index contributed by atoms with van der Waals surface area (Å²) in [4.78, 5) is 4.06. The molecule has 1 heterocycles. The highest BCUT2D eigenvalue weighted by atomic mass is 32.2. The van der Waals surface area contributed by atoms with Gasteiger partial charge >= 0.3 is 0 Å². The minimum atomic E-state index is -3.22. The summed E-state index contributed by atoms with van der Waals surface area (Å²) in [7, 11) is -3.22. The quantitative estimate of drug-likeness (QED) is 0.710. The standard InChI is InChI=1S/C10H18N4O2S/c1-10(2,14-17(3,15)16)7-13-9-5-4-8(11)6-12-9/h4-6,14H,7,11H2,1-3H3,(H,12,13). The van der Waals surface area contributed by atoms with Gasteiger partial charge in [-0.25, -0.2) is 18.1 Å². The van der Waals surface area contributed by atoms with E-state index in [1.165, 1.54) is 0 Å². The second-order valence-corrected chi connectivity index (χ2v) is 6.34. The Morgan fingerprint density at radius 1 is 1.41 bits per heavy atom. The molecule has 1 aromatic heterocycles. The fourth-order valence-corrected chi connectivity index (χ4v) is 2.44. The first-order chi connectivity index (χ1) is 7.68. The summed E-state index contributed by atoms with van der Waals surface area (Å²) >= 11 is 0. The molecule has 6 nitrogen and oxygen atoms in total. The van der Waals surface area contributed by atoms with E-state index in [1.54, 1.807) is 32.2 Å². The van der Waals surface area contributed by atoms with Crippen LogP contribution in [0.4, 0.5) is 11.5 Å². The normalized spacial score (nSPS) is 12.4. The monoisotopic (exact) mass is 258 g/mol. The van der Waals surface area contributed by atoms with Gasteiger partial charge in [0.05, 0.1) is 18.1 Å². The van der Waals surface area contributed by atoms with Crippen LogP contribution in [0.5, 0.6) is 0 Å². The largest absolute Gasteiger partial charge is 0.397 e. The number of pyridine rings is 1. The molecule has 17 heavy (non-hydrogen) atoms. The lowest BCUT2D eigenvalue weighted by atomic mass is 10.1. The number of rotatable bonds is 5. The molecule has 0 atom stereocenters. The molecule has 96 valence electrons. The lowest BCUT2D eigenvalue weighted by Crippen LogP contribution is -2.47. The van der Waals surface area contributed by atoms with E-state index in [1.807, 2.05) is 0 Å². The van der Waals surface area contributed by atoms with Gasteiger partial charge in [-0.05, 0) is 26.0 Å². The molecule has 0 saturated heterocycles. The van der Waals surface area contributed by atoms with Gasteiger partial charge in [0, 0.05) is 12.1 Å². The average Bonchev–Trinajstić information content (AvgIpc) is 2.13. The summed E-state index contributed by atoms with van der Waals surface area (Å²) < 4.78 is 24.8. The number of nitrogens with two attached hydrogens (primary N) is 1. The molecule has 0 spiro atoms. The van der Waals surface area contributed by atoms with Crippen molar-refractivity contribution in [1.82, 2.24) is 9.71 Å². The fourth-order valence-electron chi connectivity index (χ4n) is 1.36. The van der Waals surface area contributed by atoms with E-state index in [9.17, 15) is 8.42 Å². The maximum Gasteiger partial charge on any atom is 0.209 e. The summed E-state index contributed by atoms with van der Waals surface area (Å²) in [5.74, 6) is 0.655. The molecule has 1 rings (SSSR count). The highest BCUT2D eigenvalue weighted by Crippen LogP contribution is 2.09. The fraction of sp³-hybridized carbons (Fsp3) is 0.500. The van der Waals surface area contributed by atoms with Crippen molar-refractivity contribution in [3.8, 4) is 0 Å². The molecule has 0 aliphatic heterocycles. The minimum absolute atomic E-state index is 0.428. The van der Waals surface area contributed by atoms with E-state index in [4.69, 9.17) is 5.73 Å².